The predicted octanol–water partition coefficient (Wildman–Crippen LogP) is 4.70. The molecule has 1 N–H and O–H groups in total. The van der Waals surface area contributed by atoms with Crippen LogP contribution in [0.5, 0.6) is 5.75 Å². The summed E-state index contributed by atoms with van der Waals surface area (Å²) in [6, 6.07) is 16.4. The fourth-order valence-corrected chi connectivity index (χ4v) is 3.34. The van der Waals surface area contributed by atoms with E-state index in [0.717, 1.165) is 54.8 Å². The normalized spacial score (nSPS) is 17.9. The van der Waals surface area contributed by atoms with E-state index in [1.807, 2.05) is 24.3 Å². The van der Waals surface area contributed by atoms with Crippen LogP contribution in [-0.4, -0.2) is 19.7 Å². The zero-order chi connectivity index (χ0) is 15.9. The molecular weight excluding hydrogens is 306 g/mol. The van der Waals surface area contributed by atoms with Crippen LogP contribution in [0.4, 0.5) is 0 Å². The van der Waals surface area contributed by atoms with Crippen molar-refractivity contribution in [2.24, 2.45) is 5.92 Å². The van der Waals surface area contributed by atoms with Gasteiger partial charge in [0.1, 0.15) is 5.75 Å². The van der Waals surface area contributed by atoms with Gasteiger partial charge < -0.3 is 10.1 Å². The largest absolute Gasteiger partial charge is 0.493 e. The monoisotopic (exact) mass is 329 g/mol. The Hall–Kier alpha value is -1.51. The minimum atomic E-state index is 0.744. The third-order valence-electron chi connectivity index (χ3n) is 4.44. The van der Waals surface area contributed by atoms with Gasteiger partial charge in [0.25, 0.3) is 0 Å². The SMILES string of the molecule is Clc1ccc(OCC[C@H]2CCCNC2)c(Cc2ccccc2)c1. The molecule has 0 spiro atoms. The van der Waals surface area contributed by atoms with Crippen molar-refractivity contribution >= 4 is 11.6 Å². The molecule has 0 bridgehead atoms. The molecule has 1 heterocycles. The molecule has 3 heteroatoms. The van der Waals surface area contributed by atoms with Gasteiger partial charge in [-0.15, -0.1) is 0 Å². The standard InChI is InChI=1S/C20H24ClNO/c21-19-8-9-20(23-12-10-17-7-4-11-22-15-17)18(14-19)13-16-5-2-1-3-6-16/h1-3,5-6,8-9,14,17,22H,4,7,10-13,15H2/t17-/m1/s1. The topological polar surface area (TPSA) is 21.3 Å². The third-order valence-corrected chi connectivity index (χ3v) is 4.68. The highest BCUT2D eigenvalue weighted by Gasteiger charge is 2.13. The highest BCUT2D eigenvalue weighted by molar-refractivity contribution is 6.30. The van der Waals surface area contributed by atoms with E-state index in [0.29, 0.717) is 0 Å². The quantitative estimate of drug-likeness (QED) is 0.829. The molecule has 0 aromatic heterocycles. The number of rotatable bonds is 6. The van der Waals surface area contributed by atoms with Crippen LogP contribution >= 0.6 is 11.6 Å². The lowest BCUT2D eigenvalue weighted by Crippen LogP contribution is -2.30. The molecule has 1 saturated heterocycles. The van der Waals surface area contributed by atoms with E-state index in [-0.39, 0.29) is 0 Å². The molecule has 23 heavy (non-hydrogen) atoms. The Morgan fingerprint density at radius 3 is 2.78 bits per heavy atom. The average molecular weight is 330 g/mol. The van der Waals surface area contributed by atoms with Gasteiger partial charge in [0.2, 0.25) is 0 Å². The first-order valence-corrected chi connectivity index (χ1v) is 8.85. The van der Waals surface area contributed by atoms with Crippen molar-refractivity contribution in [3.63, 3.8) is 0 Å². The summed E-state index contributed by atoms with van der Waals surface area (Å²) in [4.78, 5) is 0. The fraction of sp³-hybridized carbons (Fsp3) is 0.400. The minimum absolute atomic E-state index is 0.744. The predicted molar refractivity (Wildman–Crippen MR) is 96.4 cm³/mol. The van der Waals surface area contributed by atoms with E-state index in [1.54, 1.807) is 0 Å². The van der Waals surface area contributed by atoms with Gasteiger partial charge >= 0.3 is 0 Å². The van der Waals surface area contributed by atoms with Gasteiger partial charge in [0.15, 0.2) is 0 Å². The van der Waals surface area contributed by atoms with Gasteiger partial charge in [-0.25, -0.2) is 0 Å². The van der Waals surface area contributed by atoms with E-state index in [2.05, 4.69) is 29.6 Å². The fourth-order valence-electron chi connectivity index (χ4n) is 3.15. The van der Waals surface area contributed by atoms with Gasteiger partial charge in [-0.05, 0) is 67.6 Å². The lowest BCUT2D eigenvalue weighted by Gasteiger charge is -2.23. The number of hydrogen-bond donors (Lipinski definition) is 1. The summed E-state index contributed by atoms with van der Waals surface area (Å²) >= 11 is 6.18. The molecule has 2 nitrogen and oxygen atoms in total. The van der Waals surface area contributed by atoms with E-state index < -0.39 is 0 Å². The van der Waals surface area contributed by atoms with Gasteiger partial charge in [-0.1, -0.05) is 41.9 Å². The molecule has 1 aliphatic heterocycles. The van der Waals surface area contributed by atoms with Gasteiger partial charge in [0, 0.05) is 11.4 Å². The van der Waals surface area contributed by atoms with Crippen molar-refractivity contribution in [3.05, 3.63) is 64.7 Å². The van der Waals surface area contributed by atoms with Crippen molar-refractivity contribution in [1.29, 1.82) is 0 Å². The molecule has 2 aromatic carbocycles. The van der Waals surface area contributed by atoms with Crippen molar-refractivity contribution in [2.75, 3.05) is 19.7 Å². The van der Waals surface area contributed by atoms with E-state index in [9.17, 15) is 0 Å². The molecule has 0 aliphatic carbocycles. The first kappa shape index (κ1) is 16.4. The van der Waals surface area contributed by atoms with Crippen LogP contribution in [0.25, 0.3) is 0 Å². The summed E-state index contributed by atoms with van der Waals surface area (Å²) in [5.74, 6) is 1.70. The molecule has 122 valence electrons. The molecule has 0 saturated carbocycles. The second-order valence-corrected chi connectivity index (χ2v) is 6.70. The van der Waals surface area contributed by atoms with Gasteiger partial charge in [-0.3, -0.25) is 0 Å². The third kappa shape index (κ3) is 4.98. The summed E-state index contributed by atoms with van der Waals surface area (Å²) in [6.07, 6.45) is 4.56. The molecule has 1 aliphatic rings. The van der Waals surface area contributed by atoms with Crippen LogP contribution in [0.1, 0.15) is 30.4 Å². The van der Waals surface area contributed by atoms with Crippen molar-refractivity contribution in [1.82, 2.24) is 5.32 Å². The molecule has 0 unspecified atom stereocenters. The van der Waals surface area contributed by atoms with Crippen molar-refractivity contribution in [3.8, 4) is 5.75 Å². The molecule has 0 amide bonds. The maximum absolute atomic E-state index is 6.18. The summed E-state index contributed by atoms with van der Waals surface area (Å²) in [7, 11) is 0. The highest BCUT2D eigenvalue weighted by atomic mass is 35.5. The van der Waals surface area contributed by atoms with Crippen LogP contribution in [0, 0.1) is 5.92 Å². The zero-order valence-corrected chi connectivity index (χ0v) is 14.2. The summed E-state index contributed by atoms with van der Waals surface area (Å²) < 4.78 is 6.08. The minimum Gasteiger partial charge on any atom is -0.493 e. The Labute approximate surface area is 143 Å². The maximum atomic E-state index is 6.18. The first-order chi connectivity index (χ1) is 11.3. The highest BCUT2D eigenvalue weighted by Crippen LogP contribution is 2.26. The number of piperidine rings is 1. The number of ether oxygens (including phenoxy) is 1. The Balaban J connectivity index is 1.61. The summed E-state index contributed by atoms with van der Waals surface area (Å²) in [5, 5.41) is 4.23. The van der Waals surface area contributed by atoms with Crippen LogP contribution in [0.2, 0.25) is 5.02 Å². The van der Waals surface area contributed by atoms with E-state index >= 15 is 0 Å². The molecule has 1 fully saturated rings. The molecule has 3 rings (SSSR count). The summed E-state index contributed by atoms with van der Waals surface area (Å²) in [6.45, 7) is 3.06. The number of benzene rings is 2. The van der Waals surface area contributed by atoms with E-state index in [1.165, 1.54) is 18.4 Å². The van der Waals surface area contributed by atoms with Gasteiger partial charge in [-0.2, -0.15) is 0 Å². The molecule has 1 atom stereocenters. The Morgan fingerprint density at radius 2 is 2.00 bits per heavy atom. The zero-order valence-electron chi connectivity index (χ0n) is 13.4. The lowest BCUT2D eigenvalue weighted by molar-refractivity contribution is 0.252. The number of hydrogen-bond acceptors (Lipinski definition) is 2. The Bertz CT molecular complexity index is 608. The van der Waals surface area contributed by atoms with Crippen molar-refractivity contribution in [2.45, 2.75) is 25.7 Å². The molecule has 2 aromatic rings. The maximum Gasteiger partial charge on any atom is 0.122 e. The number of nitrogens with one attached hydrogen (secondary N) is 1. The van der Waals surface area contributed by atoms with Crippen LogP contribution in [0.3, 0.4) is 0 Å². The molecular formula is C20H24ClNO. The Morgan fingerprint density at radius 1 is 1.13 bits per heavy atom. The second kappa shape index (κ2) is 8.37. The lowest BCUT2D eigenvalue weighted by atomic mass is 9.97. The van der Waals surface area contributed by atoms with E-state index in [4.69, 9.17) is 16.3 Å². The smallest absolute Gasteiger partial charge is 0.122 e. The average Bonchev–Trinajstić information content (AvgIpc) is 2.59. The molecule has 0 radical (unpaired) electrons. The Kier molecular flexibility index (Phi) is 5.95. The van der Waals surface area contributed by atoms with Gasteiger partial charge in [0.05, 0.1) is 6.61 Å². The van der Waals surface area contributed by atoms with Crippen LogP contribution in [-0.2, 0) is 6.42 Å². The van der Waals surface area contributed by atoms with Crippen LogP contribution in [0.15, 0.2) is 48.5 Å². The number of halogens is 1. The summed E-state index contributed by atoms with van der Waals surface area (Å²) in [5.41, 5.74) is 2.43. The second-order valence-electron chi connectivity index (χ2n) is 6.26. The van der Waals surface area contributed by atoms with Crippen molar-refractivity contribution < 1.29 is 4.74 Å². The first-order valence-electron chi connectivity index (χ1n) is 8.47. The van der Waals surface area contributed by atoms with Crippen LogP contribution < -0.4 is 10.1 Å².